The van der Waals surface area contributed by atoms with Gasteiger partial charge in [-0.15, -0.1) is 0 Å². The van der Waals surface area contributed by atoms with E-state index in [2.05, 4.69) is 40.1 Å². The fourth-order valence-corrected chi connectivity index (χ4v) is 5.67. The average Bonchev–Trinajstić information content (AvgIpc) is 2.82. The molecule has 1 aromatic rings. The first-order chi connectivity index (χ1) is 16.0. The molecule has 33 heavy (non-hydrogen) atoms. The van der Waals surface area contributed by atoms with Crippen LogP contribution in [0.25, 0.3) is 0 Å². The number of benzene rings is 1. The minimum atomic E-state index is -1.26. The number of carboxylic acids is 2. The second-order valence-electron chi connectivity index (χ2n) is 9.71. The molecule has 0 radical (unpaired) electrons. The number of carboxylic acid groups (broad SMARTS) is 2. The summed E-state index contributed by atoms with van der Waals surface area (Å²) in [6, 6.07) is 12.0. The van der Waals surface area contributed by atoms with Crippen molar-refractivity contribution in [3.8, 4) is 0 Å². The summed E-state index contributed by atoms with van der Waals surface area (Å²) in [5.41, 5.74) is 1.93. The van der Waals surface area contributed by atoms with Gasteiger partial charge in [-0.3, -0.25) is 0 Å². The first-order valence-corrected chi connectivity index (χ1v) is 12.7. The lowest BCUT2D eigenvalue weighted by Gasteiger charge is -2.58. The van der Waals surface area contributed by atoms with Crippen molar-refractivity contribution in [2.45, 2.75) is 88.6 Å². The number of hydrogen-bond donors (Lipinski definition) is 2. The van der Waals surface area contributed by atoms with Gasteiger partial charge in [0.2, 0.25) is 0 Å². The van der Waals surface area contributed by atoms with Crippen molar-refractivity contribution in [2.75, 3.05) is 24.5 Å². The molecule has 0 bridgehead atoms. The first kappa shape index (κ1) is 25.3. The van der Waals surface area contributed by atoms with Gasteiger partial charge in [0.25, 0.3) is 0 Å². The molecule has 2 heterocycles. The number of rotatable bonds is 4. The van der Waals surface area contributed by atoms with E-state index in [1.54, 1.807) is 0 Å². The maximum Gasteiger partial charge on any atom is 0.328 e. The van der Waals surface area contributed by atoms with Crippen LogP contribution in [-0.4, -0.2) is 58.3 Å². The number of hydrogen-bond acceptors (Lipinski definition) is 4. The Labute approximate surface area is 198 Å². The Morgan fingerprint density at radius 3 is 1.70 bits per heavy atom. The van der Waals surface area contributed by atoms with Crippen LogP contribution in [0.4, 0.5) is 5.69 Å². The largest absolute Gasteiger partial charge is 0.478 e. The molecule has 1 spiro atoms. The molecule has 4 rings (SSSR count). The molecule has 182 valence electrons. The van der Waals surface area contributed by atoms with Crippen molar-refractivity contribution < 1.29 is 19.8 Å². The average molecular weight is 457 g/mol. The van der Waals surface area contributed by atoms with E-state index in [4.69, 9.17) is 10.2 Å². The van der Waals surface area contributed by atoms with E-state index in [1.807, 2.05) is 0 Å². The molecule has 3 aliphatic rings. The number of piperidine rings is 1. The Bertz CT molecular complexity index is 746. The molecule has 6 heteroatoms. The number of carbonyl (C=O) groups is 2. The van der Waals surface area contributed by atoms with Gasteiger partial charge in [-0.05, 0) is 44.2 Å². The lowest BCUT2D eigenvalue weighted by Crippen LogP contribution is -2.65. The molecule has 3 fully saturated rings. The zero-order valence-corrected chi connectivity index (χ0v) is 19.8. The summed E-state index contributed by atoms with van der Waals surface area (Å²) >= 11 is 0. The Morgan fingerprint density at radius 2 is 1.24 bits per heavy atom. The summed E-state index contributed by atoms with van der Waals surface area (Å²) < 4.78 is 0. The van der Waals surface area contributed by atoms with E-state index in [0.29, 0.717) is 17.7 Å². The minimum absolute atomic E-state index is 0.480. The van der Waals surface area contributed by atoms with E-state index in [0.717, 1.165) is 6.04 Å². The van der Waals surface area contributed by atoms with Crippen LogP contribution in [0.3, 0.4) is 0 Å². The van der Waals surface area contributed by atoms with Crippen molar-refractivity contribution in [3.63, 3.8) is 0 Å². The van der Waals surface area contributed by atoms with Gasteiger partial charge in [0, 0.05) is 49.1 Å². The van der Waals surface area contributed by atoms with Gasteiger partial charge in [-0.25, -0.2) is 9.59 Å². The van der Waals surface area contributed by atoms with Crippen LogP contribution in [0.15, 0.2) is 42.5 Å². The molecule has 0 amide bonds. The van der Waals surface area contributed by atoms with Crippen molar-refractivity contribution >= 4 is 17.6 Å². The highest BCUT2D eigenvalue weighted by molar-refractivity contribution is 5.89. The Hall–Kier alpha value is -2.34. The maximum atomic E-state index is 9.55. The van der Waals surface area contributed by atoms with Gasteiger partial charge in [0.1, 0.15) is 0 Å². The highest BCUT2D eigenvalue weighted by Gasteiger charge is 2.46. The molecular weight excluding hydrogens is 416 g/mol. The molecule has 2 saturated heterocycles. The number of aliphatic carboxylic acids is 2. The van der Waals surface area contributed by atoms with Gasteiger partial charge in [0.15, 0.2) is 0 Å². The molecule has 1 saturated carbocycles. The fraction of sp³-hybridized carbons (Fsp3) is 0.630. The quantitative estimate of drug-likeness (QED) is 0.596. The van der Waals surface area contributed by atoms with Crippen molar-refractivity contribution in [2.24, 2.45) is 0 Å². The van der Waals surface area contributed by atoms with Crippen LogP contribution in [0.2, 0.25) is 0 Å². The summed E-state index contributed by atoms with van der Waals surface area (Å²) in [4.78, 5) is 24.7. The highest BCUT2D eigenvalue weighted by atomic mass is 16.4. The number of anilines is 1. The lowest BCUT2D eigenvalue weighted by atomic mass is 9.75. The monoisotopic (exact) mass is 456 g/mol. The van der Waals surface area contributed by atoms with Crippen LogP contribution in [0.5, 0.6) is 0 Å². The lowest BCUT2D eigenvalue weighted by molar-refractivity contribution is -0.134. The van der Waals surface area contributed by atoms with E-state index in [9.17, 15) is 9.59 Å². The van der Waals surface area contributed by atoms with Gasteiger partial charge >= 0.3 is 11.9 Å². The fourth-order valence-electron chi connectivity index (χ4n) is 5.67. The molecule has 0 atom stereocenters. The van der Waals surface area contributed by atoms with Crippen molar-refractivity contribution in [1.29, 1.82) is 0 Å². The predicted molar refractivity (Wildman–Crippen MR) is 132 cm³/mol. The smallest absolute Gasteiger partial charge is 0.328 e. The zero-order valence-electron chi connectivity index (χ0n) is 19.8. The number of likely N-dealkylation sites (tertiary alicyclic amines) is 1. The predicted octanol–water partition coefficient (Wildman–Crippen LogP) is 5.34. The maximum absolute atomic E-state index is 9.55. The Kier molecular flexibility index (Phi) is 9.79. The summed E-state index contributed by atoms with van der Waals surface area (Å²) in [7, 11) is 0. The molecule has 2 aliphatic heterocycles. The molecule has 0 unspecified atom stereocenters. The summed E-state index contributed by atoms with van der Waals surface area (Å²) in [6.07, 6.45) is 18.5. The minimum Gasteiger partial charge on any atom is -0.478 e. The zero-order chi connectivity index (χ0) is 23.5. The van der Waals surface area contributed by atoms with Gasteiger partial charge in [0.05, 0.1) is 0 Å². The standard InChI is InChI=1S/C23H36N2.C4H4O4/c1-2-4-7-11-21(12-8-5-3-1)24-18-15-23(16-19-24)17-20-25(23)22-13-9-6-10-14-22;5-3(6)1-2-4(7)8/h6,9-10,13-14,21H,1-5,7-8,11-12,15-20H2;1-2H,(H,5,6)(H,7,8). The van der Waals surface area contributed by atoms with Gasteiger partial charge in [-0.2, -0.15) is 0 Å². The molecular formula is C27H40N2O4. The Balaban J connectivity index is 0.000000331. The van der Waals surface area contributed by atoms with Crippen LogP contribution >= 0.6 is 0 Å². The van der Waals surface area contributed by atoms with Crippen molar-refractivity contribution in [3.05, 3.63) is 42.5 Å². The normalized spacial score (nSPS) is 22.2. The third-order valence-electron chi connectivity index (χ3n) is 7.63. The summed E-state index contributed by atoms with van der Waals surface area (Å²) in [5.74, 6) is -2.51. The van der Waals surface area contributed by atoms with Crippen LogP contribution in [0.1, 0.15) is 77.0 Å². The van der Waals surface area contributed by atoms with Gasteiger partial charge in [-0.1, -0.05) is 63.1 Å². The molecule has 6 nitrogen and oxygen atoms in total. The van der Waals surface area contributed by atoms with Crippen LogP contribution in [-0.2, 0) is 9.59 Å². The SMILES string of the molecule is O=C(O)C=CC(=O)O.c1ccc(N2CCC23CCN(C2CCCCCCCCC2)CC3)cc1. The molecule has 0 aromatic heterocycles. The third kappa shape index (κ3) is 7.60. The van der Waals surface area contributed by atoms with Crippen molar-refractivity contribution in [1.82, 2.24) is 4.90 Å². The van der Waals surface area contributed by atoms with E-state index >= 15 is 0 Å². The third-order valence-corrected chi connectivity index (χ3v) is 7.63. The first-order valence-electron chi connectivity index (χ1n) is 12.7. The molecule has 2 N–H and O–H groups in total. The summed E-state index contributed by atoms with van der Waals surface area (Å²) in [5, 5.41) is 15.6. The molecule has 1 aliphatic carbocycles. The van der Waals surface area contributed by atoms with E-state index < -0.39 is 11.9 Å². The Morgan fingerprint density at radius 1 is 0.758 bits per heavy atom. The topological polar surface area (TPSA) is 81.1 Å². The number of para-hydroxylation sites is 1. The van der Waals surface area contributed by atoms with E-state index in [-0.39, 0.29) is 0 Å². The second kappa shape index (κ2) is 12.8. The van der Waals surface area contributed by atoms with Crippen LogP contribution in [0, 0.1) is 0 Å². The van der Waals surface area contributed by atoms with Gasteiger partial charge < -0.3 is 20.0 Å². The van der Waals surface area contributed by atoms with Crippen LogP contribution < -0.4 is 4.90 Å². The summed E-state index contributed by atoms with van der Waals surface area (Å²) in [6.45, 7) is 3.91. The second-order valence-corrected chi connectivity index (χ2v) is 9.71. The van der Waals surface area contributed by atoms with E-state index in [1.165, 1.54) is 102 Å². The molecule has 1 aromatic carbocycles. The highest BCUT2D eigenvalue weighted by Crippen LogP contribution is 2.43. The number of nitrogens with zero attached hydrogens (tertiary/aromatic N) is 2.